The van der Waals surface area contributed by atoms with Crippen LogP contribution in [-0.4, -0.2) is 28.1 Å². The Labute approximate surface area is 150 Å². The average molecular weight is 357 g/mol. The van der Waals surface area contributed by atoms with Crippen LogP contribution in [0, 0.1) is 5.82 Å². The highest BCUT2D eigenvalue weighted by atomic mass is 19.1. The van der Waals surface area contributed by atoms with Crippen LogP contribution in [0.1, 0.15) is 42.1 Å². The van der Waals surface area contributed by atoms with E-state index in [-0.39, 0.29) is 30.3 Å². The van der Waals surface area contributed by atoms with E-state index in [4.69, 9.17) is 4.74 Å². The highest BCUT2D eigenvalue weighted by Crippen LogP contribution is 2.24. The Morgan fingerprint density at radius 2 is 2.15 bits per heavy atom. The van der Waals surface area contributed by atoms with E-state index in [9.17, 15) is 14.0 Å². The van der Waals surface area contributed by atoms with E-state index in [1.54, 1.807) is 31.2 Å². The van der Waals surface area contributed by atoms with Crippen LogP contribution in [0.5, 0.6) is 0 Å². The van der Waals surface area contributed by atoms with Gasteiger partial charge < -0.3 is 10.1 Å². The third kappa shape index (κ3) is 3.99. The molecule has 1 heterocycles. The lowest BCUT2D eigenvalue weighted by atomic mass is 10.0. The van der Waals surface area contributed by atoms with Gasteiger partial charge in [-0.25, -0.2) is 13.9 Å². The van der Waals surface area contributed by atoms with Gasteiger partial charge in [0.05, 0.1) is 19.3 Å². The van der Waals surface area contributed by atoms with Gasteiger partial charge in [0.2, 0.25) is 0 Å². The minimum absolute atomic E-state index is 0.0385. The molecule has 136 valence electrons. The lowest BCUT2D eigenvalue weighted by Gasteiger charge is -2.17. The summed E-state index contributed by atoms with van der Waals surface area (Å²) in [6.45, 7) is 2.10. The zero-order valence-corrected chi connectivity index (χ0v) is 14.5. The van der Waals surface area contributed by atoms with Gasteiger partial charge in [0.15, 0.2) is 5.78 Å². The number of allylic oxidation sites excluding steroid dienone is 2. The van der Waals surface area contributed by atoms with Crippen molar-refractivity contribution in [1.29, 1.82) is 0 Å². The van der Waals surface area contributed by atoms with Crippen molar-refractivity contribution < 1.29 is 18.7 Å². The minimum atomic E-state index is -0.516. The third-order valence-electron chi connectivity index (χ3n) is 4.10. The molecule has 2 aromatic rings. The number of nitrogens with zero attached hydrogens (tertiary/aromatic N) is 2. The Morgan fingerprint density at radius 3 is 2.88 bits per heavy atom. The predicted octanol–water partition coefficient (Wildman–Crippen LogP) is 3.30. The van der Waals surface area contributed by atoms with Crippen molar-refractivity contribution in [2.24, 2.45) is 0 Å². The molecule has 0 spiro atoms. The second kappa shape index (κ2) is 7.95. The summed E-state index contributed by atoms with van der Waals surface area (Å²) >= 11 is 0. The van der Waals surface area contributed by atoms with Crippen LogP contribution in [-0.2, 0) is 16.1 Å². The molecule has 0 radical (unpaired) electrons. The van der Waals surface area contributed by atoms with E-state index >= 15 is 0 Å². The van der Waals surface area contributed by atoms with Gasteiger partial charge in [-0.2, -0.15) is 5.10 Å². The summed E-state index contributed by atoms with van der Waals surface area (Å²) in [6, 6.07) is 6.39. The Kier molecular flexibility index (Phi) is 5.46. The first-order chi connectivity index (χ1) is 12.6. The number of halogens is 1. The highest BCUT2D eigenvalue weighted by Gasteiger charge is 2.21. The van der Waals surface area contributed by atoms with E-state index < -0.39 is 5.97 Å². The summed E-state index contributed by atoms with van der Waals surface area (Å²) in [6.07, 6.45) is 4.89. The van der Waals surface area contributed by atoms with E-state index in [2.05, 4.69) is 10.4 Å². The molecule has 0 atom stereocenters. The number of aromatic nitrogens is 2. The summed E-state index contributed by atoms with van der Waals surface area (Å²) in [5.74, 6) is -0.430. The van der Waals surface area contributed by atoms with Gasteiger partial charge in [-0.3, -0.25) is 4.79 Å². The van der Waals surface area contributed by atoms with Crippen molar-refractivity contribution in [2.75, 3.05) is 11.9 Å². The summed E-state index contributed by atoms with van der Waals surface area (Å²) in [5.41, 5.74) is 1.41. The topological polar surface area (TPSA) is 73.2 Å². The number of hydrogen-bond donors (Lipinski definition) is 1. The number of esters is 1. The summed E-state index contributed by atoms with van der Waals surface area (Å²) in [4.78, 5) is 23.9. The van der Waals surface area contributed by atoms with E-state index in [1.807, 2.05) is 0 Å². The molecule has 0 amide bonds. The number of ether oxygens (including phenoxy) is 1. The van der Waals surface area contributed by atoms with E-state index in [0.29, 0.717) is 29.9 Å². The fourth-order valence-electron chi connectivity index (χ4n) is 2.83. The summed E-state index contributed by atoms with van der Waals surface area (Å²) < 4.78 is 20.6. The molecule has 0 unspecified atom stereocenters. The number of nitrogens with one attached hydrogen (secondary N) is 1. The molecule has 26 heavy (non-hydrogen) atoms. The number of benzene rings is 1. The lowest BCUT2D eigenvalue weighted by molar-refractivity contribution is -0.115. The molecule has 1 aliphatic rings. The maximum Gasteiger partial charge on any atom is 0.343 e. The maximum absolute atomic E-state index is 14.0. The molecular weight excluding hydrogens is 337 g/mol. The van der Waals surface area contributed by atoms with Crippen LogP contribution in [0.15, 0.2) is 42.2 Å². The van der Waals surface area contributed by atoms with Gasteiger partial charge in [0.1, 0.15) is 17.2 Å². The maximum atomic E-state index is 14.0. The first kappa shape index (κ1) is 17.8. The first-order valence-electron chi connectivity index (χ1n) is 8.55. The molecule has 1 aromatic heterocycles. The molecule has 3 rings (SSSR count). The third-order valence-corrected chi connectivity index (χ3v) is 4.10. The number of anilines is 1. The molecule has 1 aromatic carbocycles. The fourth-order valence-corrected chi connectivity index (χ4v) is 2.83. The second-order valence-corrected chi connectivity index (χ2v) is 5.99. The molecule has 0 saturated heterocycles. The molecular formula is C19H20FN3O3. The molecule has 6 nitrogen and oxygen atoms in total. The molecule has 0 fully saturated rings. The quantitative estimate of drug-likeness (QED) is 0.803. The minimum Gasteiger partial charge on any atom is -0.462 e. The van der Waals surface area contributed by atoms with Gasteiger partial charge in [0, 0.05) is 23.8 Å². The molecule has 0 aliphatic heterocycles. The number of ketones is 1. The smallest absolute Gasteiger partial charge is 0.343 e. The standard InChI is InChI=1S/C19H20FN3O3/c1-2-26-19(25)16-11-21-23(12-13-6-3-4-9-17(13)20)18(16)22-14-7-5-8-15(24)10-14/h3-4,6,9-11,22H,2,5,7-8,12H2,1H3. The fraction of sp³-hybridized carbons (Fsp3) is 0.316. The SMILES string of the molecule is CCOC(=O)c1cnn(Cc2ccccc2F)c1NC1=CC(=O)CCC1. The van der Waals surface area contributed by atoms with Gasteiger partial charge >= 0.3 is 5.97 Å². The lowest BCUT2D eigenvalue weighted by Crippen LogP contribution is -2.16. The highest BCUT2D eigenvalue weighted by molar-refractivity contribution is 5.96. The van der Waals surface area contributed by atoms with E-state index in [0.717, 1.165) is 6.42 Å². The van der Waals surface area contributed by atoms with Crippen LogP contribution < -0.4 is 5.32 Å². The van der Waals surface area contributed by atoms with Gasteiger partial charge in [-0.05, 0) is 25.8 Å². The van der Waals surface area contributed by atoms with Crippen LogP contribution >= 0.6 is 0 Å². The Hall–Kier alpha value is -2.96. The Morgan fingerprint density at radius 1 is 1.35 bits per heavy atom. The monoisotopic (exact) mass is 357 g/mol. The average Bonchev–Trinajstić information content (AvgIpc) is 3.00. The zero-order chi connectivity index (χ0) is 18.5. The van der Waals surface area contributed by atoms with Crippen molar-refractivity contribution in [3.05, 3.63) is 59.2 Å². The van der Waals surface area contributed by atoms with Crippen molar-refractivity contribution in [2.45, 2.75) is 32.7 Å². The van der Waals surface area contributed by atoms with Crippen LogP contribution in [0.3, 0.4) is 0 Å². The van der Waals surface area contributed by atoms with Crippen LogP contribution in [0.25, 0.3) is 0 Å². The van der Waals surface area contributed by atoms with Gasteiger partial charge in [-0.1, -0.05) is 18.2 Å². The number of carbonyl (C=O) groups is 2. The van der Waals surface area contributed by atoms with E-state index in [1.165, 1.54) is 16.9 Å². The molecule has 0 bridgehead atoms. The molecule has 0 saturated carbocycles. The summed E-state index contributed by atoms with van der Waals surface area (Å²) in [7, 11) is 0. The van der Waals surface area contributed by atoms with Crippen LogP contribution in [0.2, 0.25) is 0 Å². The predicted molar refractivity (Wildman–Crippen MR) is 94.2 cm³/mol. The number of rotatable bonds is 6. The Bertz CT molecular complexity index is 857. The van der Waals surface area contributed by atoms with Crippen LogP contribution in [0.4, 0.5) is 10.2 Å². The van der Waals surface area contributed by atoms with Gasteiger partial charge in [-0.15, -0.1) is 0 Å². The largest absolute Gasteiger partial charge is 0.462 e. The first-order valence-corrected chi connectivity index (χ1v) is 8.55. The van der Waals surface area contributed by atoms with Crippen molar-refractivity contribution in [3.8, 4) is 0 Å². The molecule has 1 aliphatic carbocycles. The van der Waals surface area contributed by atoms with Crippen molar-refractivity contribution in [1.82, 2.24) is 9.78 Å². The van der Waals surface area contributed by atoms with Crippen molar-refractivity contribution >= 4 is 17.6 Å². The van der Waals surface area contributed by atoms with Crippen molar-refractivity contribution in [3.63, 3.8) is 0 Å². The number of hydrogen-bond acceptors (Lipinski definition) is 5. The number of carbonyl (C=O) groups excluding carboxylic acids is 2. The Balaban J connectivity index is 1.94. The molecule has 1 N–H and O–H groups in total. The summed E-state index contributed by atoms with van der Waals surface area (Å²) in [5, 5.41) is 7.34. The zero-order valence-electron chi connectivity index (χ0n) is 14.5. The normalized spacial score (nSPS) is 14.1. The molecule has 7 heteroatoms. The van der Waals surface area contributed by atoms with Gasteiger partial charge in [0.25, 0.3) is 0 Å². The second-order valence-electron chi connectivity index (χ2n) is 5.99.